The predicted molar refractivity (Wildman–Crippen MR) is 106 cm³/mol. The quantitative estimate of drug-likeness (QED) is 0.704. The normalized spacial score (nSPS) is 15.0. The Kier molecular flexibility index (Phi) is 6.79. The molecular formula is C15H18Cl2N4OS2. The number of nitrogens with zero attached hydrogens (tertiary/aromatic N) is 2. The lowest BCUT2D eigenvalue weighted by molar-refractivity contribution is 0.228. The van der Waals surface area contributed by atoms with Gasteiger partial charge >= 0.3 is 0 Å². The average Bonchev–Trinajstić information content (AvgIpc) is 3.16. The van der Waals surface area contributed by atoms with Crippen LogP contribution in [0.1, 0.15) is 5.82 Å². The number of hydrogen-bond donors (Lipinski definition) is 2. The molecule has 0 spiro atoms. The fraction of sp³-hybridized carbons (Fsp3) is 0.333. The molecule has 1 saturated heterocycles. The van der Waals surface area contributed by atoms with Crippen molar-refractivity contribution in [2.45, 2.75) is 6.54 Å². The molecule has 4 rings (SSSR count). The Morgan fingerprint density at radius 3 is 2.71 bits per heavy atom. The second-order valence-corrected chi connectivity index (χ2v) is 7.15. The number of hydrogen-bond acceptors (Lipinski definition) is 6. The molecule has 3 aromatic rings. The van der Waals surface area contributed by atoms with Gasteiger partial charge in [-0.15, -0.1) is 47.5 Å². The second kappa shape index (κ2) is 8.42. The van der Waals surface area contributed by atoms with Crippen molar-refractivity contribution in [1.29, 1.82) is 0 Å². The average molecular weight is 405 g/mol. The zero-order chi connectivity index (χ0) is 14.9. The van der Waals surface area contributed by atoms with E-state index in [-0.39, 0.29) is 30.4 Å². The van der Waals surface area contributed by atoms with Gasteiger partial charge in [-0.1, -0.05) is 6.07 Å². The molecule has 5 nitrogen and oxygen atoms in total. The number of aromatic nitrogens is 2. The maximum absolute atomic E-state index is 12.5. The number of nitrogens with one attached hydrogen (secondary N) is 2. The number of piperazine rings is 1. The van der Waals surface area contributed by atoms with Crippen molar-refractivity contribution in [1.82, 2.24) is 20.2 Å². The molecule has 9 heteroatoms. The molecule has 0 aromatic carbocycles. The van der Waals surface area contributed by atoms with Crippen molar-refractivity contribution in [3.63, 3.8) is 0 Å². The maximum Gasteiger partial charge on any atom is 0.260 e. The van der Waals surface area contributed by atoms with E-state index in [2.05, 4.69) is 20.2 Å². The van der Waals surface area contributed by atoms with Crippen LogP contribution in [0.25, 0.3) is 20.7 Å². The molecule has 0 unspecified atom stereocenters. The predicted octanol–water partition coefficient (Wildman–Crippen LogP) is 2.96. The molecular weight excluding hydrogens is 387 g/mol. The Morgan fingerprint density at radius 2 is 2.00 bits per heavy atom. The molecule has 0 radical (unpaired) electrons. The summed E-state index contributed by atoms with van der Waals surface area (Å²) in [7, 11) is 0. The van der Waals surface area contributed by atoms with Gasteiger partial charge in [0, 0.05) is 42.0 Å². The first-order chi connectivity index (χ1) is 10.8. The Morgan fingerprint density at radius 1 is 1.21 bits per heavy atom. The second-order valence-electron chi connectivity index (χ2n) is 5.35. The summed E-state index contributed by atoms with van der Waals surface area (Å²) in [4.78, 5) is 24.4. The maximum atomic E-state index is 12.5. The van der Waals surface area contributed by atoms with Gasteiger partial charge in [0.1, 0.15) is 10.7 Å². The van der Waals surface area contributed by atoms with Gasteiger partial charge in [-0.25, -0.2) is 4.98 Å². The Balaban J connectivity index is 0.00000104. The minimum Gasteiger partial charge on any atom is -0.314 e. The summed E-state index contributed by atoms with van der Waals surface area (Å²) in [5.41, 5.74) is 0.970. The number of rotatable bonds is 3. The van der Waals surface area contributed by atoms with E-state index in [9.17, 15) is 4.79 Å². The number of halogens is 2. The highest BCUT2D eigenvalue weighted by atomic mass is 35.5. The summed E-state index contributed by atoms with van der Waals surface area (Å²) in [6.07, 6.45) is 0. The largest absolute Gasteiger partial charge is 0.314 e. The van der Waals surface area contributed by atoms with Gasteiger partial charge in [-0.2, -0.15) is 0 Å². The van der Waals surface area contributed by atoms with E-state index in [1.807, 2.05) is 22.9 Å². The van der Waals surface area contributed by atoms with Crippen molar-refractivity contribution < 1.29 is 0 Å². The standard InChI is InChI=1S/C15H16N4OS2.2ClH/c20-14-13-10(11-2-1-7-21-11)9-22-15(13)18-12(17-14)8-19-5-3-16-4-6-19;;/h1-2,7,9,16H,3-6,8H2,(H,17,18,20);2*1H. The third-order valence-electron chi connectivity index (χ3n) is 3.86. The Hall–Kier alpha value is -0.960. The highest BCUT2D eigenvalue weighted by Gasteiger charge is 2.16. The zero-order valence-electron chi connectivity index (χ0n) is 12.8. The lowest BCUT2D eigenvalue weighted by atomic mass is 10.2. The summed E-state index contributed by atoms with van der Waals surface area (Å²) < 4.78 is 0. The van der Waals surface area contributed by atoms with Crippen LogP contribution >= 0.6 is 47.5 Å². The van der Waals surface area contributed by atoms with Gasteiger partial charge < -0.3 is 10.3 Å². The monoisotopic (exact) mass is 404 g/mol. The van der Waals surface area contributed by atoms with Gasteiger partial charge in [0.25, 0.3) is 5.56 Å². The molecule has 0 atom stereocenters. The van der Waals surface area contributed by atoms with Gasteiger partial charge in [0.05, 0.1) is 11.9 Å². The zero-order valence-corrected chi connectivity index (χ0v) is 16.0. The van der Waals surface area contributed by atoms with E-state index in [0.29, 0.717) is 6.54 Å². The number of thiophene rings is 2. The third kappa shape index (κ3) is 3.82. The summed E-state index contributed by atoms with van der Waals surface area (Å²) >= 11 is 3.20. The molecule has 1 fully saturated rings. The van der Waals surface area contributed by atoms with Crippen LogP contribution in [-0.2, 0) is 6.54 Å². The Bertz CT molecular complexity index is 841. The van der Waals surface area contributed by atoms with E-state index in [1.54, 1.807) is 22.7 Å². The van der Waals surface area contributed by atoms with Gasteiger partial charge in [0.2, 0.25) is 0 Å². The molecule has 0 amide bonds. The van der Waals surface area contributed by atoms with Gasteiger partial charge in [0.15, 0.2) is 0 Å². The van der Waals surface area contributed by atoms with E-state index in [4.69, 9.17) is 0 Å². The van der Waals surface area contributed by atoms with Crippen LogP contribution in [-0.4, -0.2) is 41.0 Å². The van der Waals surface area contributed by atoms with Gasteiger partial charge in [-0.3, -0.25) is 9.69 Å². The molecule has 0 aliphatic carbocycles. The lowest BCUT2D eigenvalue weighted by Crippen LogP contribution is -2.43. The molecule has 1 aliphatic rings. The first-order valence-electron chi connectivity index (χ1n) is 7.28. The highest BCUT2D eigenvalue weighted by Crippen LogP contribution is 2.33. The van der Waals surface area contributed by atoms with Crippen LogP contribution in [0, 0.1) is 0 Å². The van der Waals surface area contributed by atoms with Crippen molar-refractivity contribution in [2.24, 2.45) is 0 Å². The smallest absolute Gasteiger partial charge is 0.260 e. The first-order valence-corrected chi connectivity index (χ1v) is 9.04. The molecule has 2 N–H and O–H groups in total. The molecule has 0 saturated carbocycles. The van der Waals surface area contributed by atoms with E-state index in [1.165, 1.54) is 0 Å². The topological polar surface area (TPSA) is 61.0 Å². The minimum absolute atomic E-state index is 0. The van der Waals surface area contributed by atoms with E-state index < -0.39 is 0 Å². The minimum atomic E-state index is -0.0280. The molecule has 130 valence electrons. The van der Waals surface area contributed by atoms with Crippen LogP contribution < -0.4 is 10.9 Å². The van der Waals surface area contributed by atoms with Crippen molar-refractivity contribution >= 4 is 57.7 Å². The lowest BCUT2D eigenvalue weighted by Gasteiger charge is -2.26. The fourth-order valence-corrected chi connectivity index (χ4v) is 4.54. The number of H-pyrrole nitrogens is 1. The SMILES string of the molecule is Cl.Cl.O=c1[nH]c(CN2CCNCC2)nc2scc(-c3cccs3)c12. The third-order valence-corrected chi connectivity index (χ3v) is 5.64. The van der Waals surface area contributed by atoms with E-state index >= 15 is 0 Å². The molecule has 0 bridgehead atoms. The first kappa shape index (κ1) is 19.4. The van der Waals surface area contributed by atoms with Crippen LogP contribution in [0.4, 0.5) is 0 Å². The number of aromatic amines is 1. The van der Waals surface area contributed by atoms with Crippen LogP contribution in [0.3, 0.4) is 0 Å². The van der Waals surface area contributed by atoms with Crippen molar-refractivity contribution in [3.8, 4) is 10.4 Å². The molecule has 1 aliphatic heterocycles. The van der Waals surface area contributed by atoms with E-state index in [0.717, 1.165) is 52.7 Å². The summed E-state index contributed by atoms with van der Waals surface area (Å²) in [6.45, 7) is 4.68. The molecule has 3 aromatic heterocycles. The molecule has 4 heterocycles. The highest BCUT2D eigenvalue weighted by molar-refractivity contribution is 7.18. The van der Waals surface area contributed by atoms with Crippen LogP contribution in [0.2, 0.25) is 0 Å². The fourth-order valence-electron chi connectivity index (χ4n) is 2.76. The number of fused-ring (bicyclic) bond motifs is 1. The summed E-state index contributed by atoms with van der Waals surface area (Å²) in [5, 5.41) is 8.11. The summed E-state index contributed by atoms with van der Waals surface area (Å²) in [5.74, 6) is 0.763. The molecule has 24 heavy (non-hydrogen) atoms. The van der Waals surface area contributed by atoms with Crippen LogP contribution in [0.15, 0.2) is 27.7 Å². The van der Waals surface area contributed by atoms with Crippen molar-refractivity contribution in [2.75, 3.05) is 26.2 Å². The van der Waals surface area contributed by atoms with Crippen molar-refractivity contribution in [3.05, 3.63) is 39.1 Å². The Labute approximate surface area is 159 Å². The van der Waals surface area contributed by atoms with Gasteiger partial charge in [-0.05, 0) is 11.4 Å². The van der Waals surface area contributed by atoms with Crippen LogP contribution in [0.5, 0.6) is 0 Å². The summed E-state index contributed by atoms with van der Waals surface area (Å²) in [6, 6.07) is 4.05.